The van der Waals surface area contributed by atoms with Gasteiger partial charge in [-0.15, -0.1) is 0 Å². The van der Waals surface area contributed by atoms with Crippen LogP contribution in [-0.4, -0.2) is 12.7 Å². The molecule has 3 heteroatoms. The number of hydrogen-bond donors (Lipinski definition) is 1. The third kappa shape index (κ3) is 3.34. The van der Waals surface area contributed by atoms with Crippen LogP contribution in [0.3, 0.4) is 0 Å². The summed E-state index contributed by atoms with van der Waals surface area (Å²) < 4.78 is 5.59. The molecule has 0 aliphatic carbocycles. The van der Waals surface area contributed by atoms with Crippen molar-refractivity contribution < 1.29 is 9.68 Å². The highest BCUT2D eigenvalue weighted by Crippen LogP contribution is 2.43. The maximum Gasteiger partial charge on any atom is 0.569 e. The molecule has 33 heavy (non-hydrogen) atoms. The van der Waals surface area contributed by atoms with Crippen molar-refractivity contribution in [1.82, 2.24) is 0 Å². The van der Waals surface area contributed by atoms with E-state index in [-0.39, 0.29) is 0 Å². The highest BCUT2D eigenvalue weighted by atomic mass is 16.5. The topological polar surface area (TPSA) is 29.5 Å². The molecule has 0 fully saturated rings. The number of rotatable bonds is 4. The Kier molecular flexibility index (Phi) is 4.82. The molecular formula is C30H20BO2. The molecule has 0 aliphatic heterocycles. The molecule has 6 rings (SSSR count). The van der Waals surface area contributed by atoms with Crippen molar-refractivity contribution in [3.8, 4) is 28.0 Å². The van der Waals surface area contributed by atoms with Gasteiger partial charge in [0.05, 0.1) is 0 Å². The standard InChI is InChI=1S/C30H20BO2/c32-31-33-30-27-14-5-3-12-25(27)29(26-13-4-6-15-28(26)30)24-11-7-10-22(19-24)23-17-16-20-8-1-2-9-21(20)18-23/h1-19,32H. The molecule has 0 unspecified atom stereocenters. The molecule has 2 nitrogen and oxygen atoms in total. The second-order valence-electron chi connectivity index (χ2n) is 8.16. The lowest BCUT2D eigenvalue weighted by Gasteiger charge is -2.17. The fraction of sp³-hybridized carbons (Fsp3) is 0. The van der Waals surface area contributed by atoms with Gasteiger partial charge in [0.2, 0.25) is 0 Å². The van der Waals surface area contributed by atoms with Crippen molar-refractivity contribution in [2.24, 2.45) is 0 Å². The minimum atomic E-state index is 0.665. The fourth-order valence-corrected chi connectivity index (χ4v) is 4.80. The van der Waals surface area contributed by atoms with Gasteiger partial charge in [-0.25, -0.2) is 0 Å². The predicted octanol–water partition coefficient (Wildman–Crippen LogP) is 7.39. The molecular weight excluding hydrogens is 403 g/mol. The van der Waals surface area contributed by atoms with E-state index < -0.39 is 0 Å². The van der Waals surface area contributed by atoms with Crippen molar-refractivity contribution >= 4 is 40.0 Å². The average molecular weight is 423 g/mol. The zero-order valence-electron chi connectivity index (χ0n) is 17.9. The van der Waals surface area contributed by atoms with E-state index in [1.165, 1.54) is 21.9 Å². The zero-order valence-corrected chi connectivity index (χ0v) is 17.9. The van der Waals surface area contributed by atoms with E-state index in [4.69, 9.17) is 4.65 Å². The molecule has 1 N–H and O–H groups in total. The Bertz CT molecular complexity index is 1580. The molecule has 155 valence electrons. The van der Waals surface area contributed by atoms with Gasteiger partial charge in [0, 0.05) is 10.8 Å². The van der Waals surface area contributed by atoms with Gasteiger partial charge in [0.1, 0.15) is 5.75 Å². The second-order valence-corrected chi connectivity index (χ2v) is 8.16. The third-order valence-electron chi connectivity index (χ3n) is 6.29. The van der Waals surface area contributed by atoms with Crippen molar-refractivity contribution in [1.29, 1.82) is 0 Å². The van der Waals surface area contributed by atoms with Gasteiger partial charge in [-0.3, -0.25) is 0 Å². The van der Waals surface area contributed by atoms with E-state index >= 15 is 0 Å². The Hall–Kier alpha value is -4.08. The van der Waals surface area contributed by atoms with Crippen LogP contribution in [-0.2, 0) is 0 Å². The molecule has 0 bridgehead atoms. The molecule has 1 radical (unpaired) electrons. The summed E-state index contributed by atoms with van der Waals surface area (Å²) in [4.78, 5) is 0. The summed E-state index contributed by atoms with van der Waals surface area (Å²) in [6.45, 7) is 0. The molecule has 6 aromatic rings. The molecule has 0 atom stereocenters. The summed E-state index contributed by atoms with van der Waals surface area (Å²) in [7, 11) is 0.758. The SMILES string of the molecule is O[B]Oc1c2ccccc2c(-c2cccc(-c3ccc4ccccc4c3)c2)c2ccccc12. The third-order valence-corrected chi connectivity index (χ3v) is 6.29. The Morgan fingerprint density at radius 2 is 1.06 bits per heavy atom. The zero-order chi connectivity index (χ0) is 22.2. The Labute approximate surface area is 193 Å². The van der Waals surface area contributed by atoms with Crippen LogP contribution in [0.15, 0.2) is 115 Å². The van der Waals surface area contributed by atoms with Crippen LogP contribution in [0.4, 0.5) is 0 Å². The summed E-state index contributed by atoms with van der Waals surface area (Å²) in [5, 5.41) is 16.0. The van der Waals surface area contributed by atoms with Gasteiger partial charge in [-0.05, 0) is 55.9 Å². The van der Waals surface area contributed by atoms with Crippen LogP contribution in [0.1, 0.15) is 0 Å². The smallest absolute Gasteiger partial charge is 0.537 e. The Morgan fingerprint density at radius 3 is 1.76 bits per heavy atom. The molecule has 0 spiro atoms. The van der Waals surface area contributed by atoms with Gasteiger partial charge in [-0.1, -0.05) is 103 Å². The Morgan fingerprint density at radius 1 is 0.485 bits per heavy atom. The van der Waals surface area contributed by atoms with E-state index in [9.17, 15) is 5.02 Å². The Balaban J connectivity index is 1.61. The maximum absolute atomic E-state index is 9.42. The molecule has 0 heterocycles. The van der Waals surface area contributed by atoms with E-state index in [1.54, 1.807) is 0 Å². The van der Waals surface area contributed by atoms with Gasteiger partial charge in [-0.2, -0.15) is 0 Å². The first-order chi connectivity index (χ1) is 16.3. The van der Waals surface area contributed by atoms with Crippen LogP contribution < -0.4 is 4.65 Å². The minimum absolute atomic E-state index is 0.665. The summed E-state index contributed by atoms with van der Waals surface area (Å²) in [6, 6.07) is 40.2. The van der Waals surface area contributed by atoms with Crippen LogP contribution in [0.2, 0.25) is 0 Å². The fourth-order valence-electron chi connectivity index (χ4n) is 4.80. The van der Waals surface area contributed by atoms with Crippen molar-refractivity contribution in [3.63, 3.8) is 0 Å². The van der Waals surface area contributed by atoms with E-state index in [1.807, 2.05) is 36.4 Å². The van der Waals surface area contributed by atoms with Crippen molar-refractivity contribution in [2.75, 3.05) is 0 Å². The average Bonchev–Trinajstić information content (AvgIpc) is 2.88. The number of fused-ring (bicyclic) bond motifs is 3. The first-order valence-electron chi connectivity index (χ1n) is 11.0. The van der Waals surface area contributed by atoms with Gasteiger partial charge >= 0.3 is 7.69 Å². The van der Waals surface area contributed by atoms with Crippen molar-refractivity contribution in [3.05, 3.63) is 115 Å². The summed E-state index contributed by atoms with van der Waals surface area (Å²) in [5.74, 6) is 0.665. The lowest BCUT2D eigenvalue weighted by atomic mass is 9.89. The van der Waals surface area contributed by atoms with E-state index in [0.717, 1.165) is 40.4 Å². The highest BCUT2D eigenvalue weighted by molar-refractivity contribution is 6.22. The monoisotopic (exact) mass is 423 g/mol. The number of benzene rings is 6. The molecule has 6 aromatic carbocycles. The highest BCUT2D eigenvalue weighted by Gasteiger charge is 2.16. The summed E-state index contributed by atoms with van der Waals surface area (Å²) in [6.07, 6.45) is 0. The van der Waals surface area contributed by atoms with E-state index in [0.29, 0.717) is 5.75 Å². The minimum Gasteiger partial charge on any atom is -0.537 e. The van der Waals surface area contributed by atoms with Gasteiger partial charge in [0.15, 0.2) is 0 Å². The maximum atomic E-state index is 9.42. The summed E-state index contributed by atoms with van der Waals surface area (Å²) >= 11 is 0. The number of hydrogen-bond acceptors (Lipinski definition) is 2. The normalized spacial score (nSPS) is 11.2. The molecule has 0 aromatic heterocycles. The second kappa shape index (κ2) is 8.12. The molecule has 0 saturated heterocycles. The largest absolute Gasteiger partial charge is 0.569 e. The molecule has 0 amide bonds. The van der Waals surface area contributed by atoms with Crippen molar-refractivity contribution in [2.45, 2.75) is 0 Å². The van der Waals surface area contributed by atoms with E-state index in [2.05, 4.69) is 78.9 Å². The van der Waals surface area contributed by atoms with Crippen LogP contribution in [0, 0.1) is 0 Å². The summed E-state index contributed by atoms with van der Waals surface area (Å²) in [5.41, 5.74) is 4.68. The molecule has 0 aliphatic rings. The molecule has 0 saturated carbocycles. The lowest BCUT2D eigenvalue weighted by molar-refractivity contribution is 0.459. The predicted molar refractivity (Wildman–Crippen MR) is 138 cm³/mol. The van der Waals surface area contributed by atoms with Crippen LogP contribution in [0.5, 0.6) is 5.75 Å². The first kappa shape index (κ1) is 19.6. The van der Waals surface area contributed by atoms with Gasteiger partial charge < -0.3 is 9.68 Å². The van der Waals surface area contributed by atoms with Crippen LogP contribution >= 0.6 is 0 Å². The van der Waals surface area contributed by atoms with Crippen LogP contribution in [0.25, 0.3) is 54.6 Å². The lowest BCUT2D eigenvalue weighted by Crippen LogP contribution is -2.02. The first-order valence-corrected chi connectivity index (χ1v) is 11.0. The van der Waals surface area contributed by atoms with Gasteiger partial charge in [0.25, 0.3) is 0 Å². The quantitative estimate of drug-likeness (QED) is 0.237.